The lowest BCUT2D eigenvalue weighted by Gasteiger charge is -2.34. The van der Waals surface area contributed by atoms with Gasteiger partial charge in [0.25, 0.3) is 0 Å². The van der Waals surface area contributed by atoms with Crippen molar-refractivity contribution in [3.8, 4) is 17.3 Å². The summed E-state index contributed by atoms with van der Waals surface area (Å²) in [5, 5.41) is 20.6. The van der Waals surface area contributed by atoms with Gasteiger partial charge in [-0.3, -0.25) is 10.1 Å². The van der Waals surface area contributed by atoms with E-state index in [1.165, 1.54) is 0 Å². The molecule has 7 heteroatoms. The minimum absolute atomic E-state index is 0.136. The lowest BCUT2D eigenvalue weighted by Crippen LogP contribution is -2.40. The van der Waals surface area contributed by atoms with Gasteiger partial charge in [-0.1, -0.05) is 12.1 Å². The molecule has 5 rings (SSSR count). The molecule has 152 valence electrons. The molecular weight excluding hydrogens is 388 g/mol. The molecule has 1 aliphatic rings. The summed E-state index contributed by atoms with van der Waals surface area (Å²) in [6.45, 7) is 4.43. The number of aromatic amines is 1. The highest BCUT2D eigenvalue weighted by Crippen LogP contribution is 2.35. The zero-order chi connectivity index (χ0) is 21.5. The van der Waals surface area contributed by atoms with Crippen LogP contribution in [0.25, 0.3) is 22.2 Å². The second kappa shape index (κ2) is 7.26. The van der Waals surface area contributed by atoms with Gasteiger partial charge in [0.15, 0.2) is 0 Å². The highest BCUT2D eigenvalue weighted by atomic mass is 16.2. The molecule has 2 aromatic heterocycles. The summed E-state index contributed by atoms with van der Waals surface area (Å²) in [4.78, 5) is 18.9. The first kappa shape index (κ1) is 18.8. The van der Waals surface area contributed by atoms with Gasteiger partial charge >= 0.3 is 6.03 Å². The van der Waals surface area contributed by atoms with Crippen LogP contribution < -0.4 is 5.32 Å². The molecular formula is C24H20N6O. The molecule has 4 aromatic rings. The zero-order valence-electron chi connectivity index (χ0n) is 17.2. The number of aryl methyl sites for hydroxylation is 1. The summed E-state index contributed by atoms with van der Waals surface area (Å²) < 4.78 is 0. The number of aromatic nitrogens is 3. The fourth-order valence-corrected chi connectivity index (χ4v) is 4.04. The van der Waals surface area contributed by atoms with Crippen LogP contribution in [0.3, 0.4) is 0 Å². The first-order chi connectivity index (χ1) is 15.0. The average Bonchev–Trinajstić information content (AvgIpc) is 3.19. The Morgan fingerprint density at radius 2 is 1.97 bits per heavy atom. The number of carbonyl (C=O) groups excluding carboxylic acids is 1. The number of benzene rings is 2. The van der Waals surface area contributed by atoms with Crippen LogP contribution >= 0.6 is 0 Å². The topological polar surface area (TPSA) is 97.7 Å². The van der Waals surface area contributed by atoms with Gasteiger partial charge in [0.05, 0.1) is 29.7 Å². The predicted molar refractivity (Wildman–Crippen MR) is 118 cm³/mol. The van der Waals surface area contributed by atoms with Crippen molar-refractivity contribution >= 4 is 22.6 Å². The molecule has 0 unspecified atom stereocenters. The number of H-pyrrole nitrogens is 1. The fraction of sp³-hybridized carbons (Fsp3) is 0.167. The van der Waals surface area contributed by atoms with Crippen LogP contribution in [-0.4, -0.2) is 26.1 Å². The van der Waals surface area contributed by atoms with Crippen molar-refractivity contribution in [3.63, 3.8) is 0 Å². The largest absolute Gasteiger partial charge is 0.322 e. The van der Waals surface area contributed by atoms with Gasteiger partial charge < -0.3 is 10.2 Å². The zero-order valence-corrected chi connectivity index (χ0v) is 17.2. The lowest BCUT2D eigenvalue weighted by molar-refractivity contribution is 0.186. The van der Waals surface area contributed by atoms with E-state index >= 15 is 0 Å². The van der Waals surface area contributed by atoms with E-state index in [0.717, 1.165) is 44.7 Å². The monoisotopic (exact) mass is 408 g/mol. The third-order valence-corrected chi connectivity index (χ3v) is 5.79. The number of hydrogen-bond donors (Lipinski definition) is 2. The number of pyridine rings is 1. The highest BCUT2D eigenvalue weighted by molar-refractivity contribution is 6.00. The summed E-state index contributed by atoms with van der Waals surface area (Å²) in [6, 6.07) is 17.2. The maximum absolute atomic E-state index is 12.8. The molecule has 0 bridgehead atoms. The Hall–Kier alpha value is -4.18. The number of anilines is 1. The second-order valence-electron chi connectivity index (χ2n) is 7.78. The number of hydrogen-bond acceptors (Lipinski definition) is 4. The van der Waals surface area contributed by atoms with E-state index in [1.807, 2.05) is 44.2 Å². The van der Waals surface area contributed by atoms with Gasteiger partial charge in [0.1, 0.15) is 5.69 Å². The predicted octanol–water partition coefficient (Wildman–Crippen LogP) is 4.91. The van der Waals surface area contributed by atoms with Gasteiger partial charge in [-0.25, -0.2) is 4.79 Å². The smallest absolute Gasteiger partial charge is 0.313 e. The van der Waals surface area contributed by atoms with E-state index in [9.17, 15) is 4.79 Å². The van der Waals surface area contributed by atoms with E-state index in [2.05, 4.69) is 32.6 Å². The van der Waals surface area contributed by atoms with Gasteiger partial charge in [-0.2, -0.15) is 10.4 Å². The number of nitrogens with one attached hydrogen (secondary N) is 2. The van der Waals surface area contributed by atoms with Gasteiger partial charge in [0.2, 0.25) is 0 Å². The third kappa shape index (κ3) is 3.28. The van der Waals surface area contributed by atoms with Crippen LogP contribution in [0.1, 0.15) is 35.3 Å². The molecule has 0 fully saturated rings. The second-order valence-corrected chi connectivity index (χ2v) is 7.78. The van der Waals surface area contributed by atoms with Gasteiger partial charge in [-0.05, 0) is 61.4 Å². The van der Waals surface area contributed by atoms with Gasteiger partial charge in [0, 0.05) is 28.5 Å². The first-order valence-corrected chi connectivity index (χ1v) is 10.0. The Morgan fingerprint density at radius 3 is 2.71 bits per heavy atom. The van der Waals surface area contributed by atoms with E-state index < -0.39 is 0 Å². The fourth-order valence-electron chi connectivity index (χ4n) is 4.04. The summed E-state index contributed by atoms with van der Waals surface area (Å²) in [5.41, 5.74) is 7.08. The molecule has 1 atom stereocenters. The van der Waals surface area contributed by atoms with Crippen molar-refractivity contribution in [2.24, 2.45) is 0 Å². The summed E-state index contributed by atoms with van der Waals surface area (Å²) in [7, 11) is 0. The van der Waals surface area contributed by atoms with Crippen molar-refractivity contribution in [1.82, 2.24) is 20.1 Å². The summed E-state index contributed by atoms with van der Waals surface area (Å²) >= 11 is 0. The number of fused-ring (bicyclic) bond motifs is 2. The van der Waals surface area contributed by atoms with Crippen LogP contribution in [0, 0.1) is 18.3 Å². The third-order valence-electron chi connectivity index (χ3n) is 5.79. The normalized spacial score (nSPS) is 14.1. The standard InChI is InChI=1S/C24H20N6O/c1-14-9-18(7-8-26-14)23-20-10-19-13-30(15(2)17-5-3-16(12-25)4-6-17)24(31)27-21(19)11-22(20)28-29-23/h3-11,15H,13H2,1-2H3,(H,27,31)(H,28,29)/t15-/m1/s1. The van der Waals surface area contributed by atoms with Crippen molar-refractivity contribution in [1.29, 1.82) is 5.26 Å². The van der Waals surface area contributed by atoms with Crippen LogP contribution in [0.15, 0.2) is 54.7 Å². The molecule has 1 aliphatic heterocycles. The molecule has 0 saturated heterocycles. The number of carbonyl (C=O) groups is 1. The molecule has 2 amide bonds. The molecule has 31 heavy (non-hydrogen) atoms. The number of rotatable bonds is 3. The van der Waals surface area contributed by atoms with E-state index in [0.29, 0.717) is 12.1 Å². The Labute approximate surface area is 179 Å². The van der Waals surface area contributed by atoms with Crippen LogP contribution in [0.5, 0.6) is 0 Å². The van der Waals surface area contributed by atoms with E-state index in [-0.39, 0.29) is 12.1 Å². The molecule has 0 saturated carbocycles. The number of amides is 2. The molecule has 0 radical (unpaired) electrons. The lowest BCUT2D eigenvalue weighted by atomic mass is 10.0. The first-order valence-electron chi connectivity index (χ1n) is 10.0. The van der Waals surface area contributed by atoms with Crippen LogP contribution in [0.4, 0.5) is 10.5 Å². The molecule has 2 aromatic carbocycles. The Kier molecular flexibility index (Phi) is 4.41. The van der Waals surface area contributed by atoms with Gasteiger partial charge in [-0.15, -0.1) is 0 Å². The highest BCUT2D eigenvalue weighted by Gasteiger charge is 2.28. The quantitative estimate of drug-likeness (QED) is 0.503. The maximum Gasteiger partial charge on any atom is 0.322 e. The van der Waals surface area contributed by atoms with Crippen molar-refractivity contribution < 1.29 is 4.79 Å². The Bertz CT molecular complexity index is 1350. The number of nitriles is 1. The van der Waals surface area contributed by atoms with Crippen molar-refractivity contribution in [3.05, 3.63) is 77.1 Å². The summed E-state index contributed by atoms with van der Waals surface area (Å²) in [6.07, 6.45) is 1.78. The van der Waals surface area contributed by atoms with E-state index in [1.54, 1.807) is 23.2 Å². The number of nitrogens with zero attached hydrogens (tertiary/aromatic N) is 4. The minimum atomic E-state index is -0.145. The Morgan fingerprint density at radius 1 is 1.16 bits per heavy atom. The van der Waals surface area contributed by atoms with E-state index in [4.69, 9.17) is 5.26 Å². The molecule has 2 N–H and O–H groups in total. The maximum atomic E-state index is 12.8. The molecule has 0 aliphatic carbocycles. The van der Waals surface area contributed by atoms with Crippen LogP contribution in [-0.2, 0) is 6.54 Å². The average molecular weight is 408 g/mol. The molecule has 7 nitrogen and oxygen atoms in total. The summed E-state index contributed by atoms with van der Waals surface area (Å²) in [5.74, 6) is 0. The SMILES string of the molecule is Cc1cc(-c2n[nH]c3cc4c(cc23)CN([C@H](C)c2ccc(C#N)cc2)C(=O)N4)ccn1. The van der Waals surface area contributed by atoms with Crippen LogP contribution in [0.2, 0.25) is 0 Å². The minimum Gasteiger partial charge on any atom is -0.313 e. The van der Waals surface area contributed by atoms with Crippen molar-refractivity contribution in [2.75, 3.05) is 5.32 Å². The Balaban J connectivity index is 1.51. The number of urea groups is 1. The van der Waals surface area contributed by atoms with Crippen molar-refractivity contribution in [2.45, 2.75) is 26.4 Å². The molecule has 0 spiro atoms. The molecule has 3 heterocycles.